The van der Waals surface area contributed by atoms with E-state index in [4.69, 9.17) is 10.6 Å². The number of carbonyl (C=O) groups excluding carboxylic acids is 1. The third-order valence-corrected chi connectivity index (χ3v) is 2.96. The fourth-order valence-electron chi connectivity index (χ4n) is 1.05. The second-order valence-corrected chi connectivity index (χ2v) is 4.36. The first-order chi connectivity index (χ1) is 7.17. The average molecular weight is 226 g/mol. The first-order valence-electron chi connectivity index (χ1n) is 4.48. The van der Waals surface area contributed by atoms with Gasteiger partial charge in [0.25, 0.3) is 0 Å². The van der Waals surface area contributed by atoms with E-state index in [9.17, 15) is 4.79 Å². The molecule has 4 nitrogen and oxygen atoms in total. The summed E-state index contributed by atoms with van der Waals surface area (Å²) in [7, 11) is 1.61. The van der Waals surface area contributed by atoms with Crippen LogP contribution >= 0.6 is 11.8 Å². The van der Waals surface area contributed by atoms with Crippen molar-refractivity contribution in [2.45, 2.75) is 17.1 Å². The standard InChI is InChI=1S/C10H14N2O2S/c1-7(10(13)12-11)15-9-5-3-4-8(6-9)14-2/h3-7H,11H2,1-2H3,(H,12,13). The van der Waals surface area contributed by atoms with Crippen LogP contribution in [0.3, 0.4) is 0 Å². The zero-order valence-corrected chi connectivity index (χ0v) is 9.51. The molecule has 1 atom stereocenters. The number of hydrogen-bond donors (Lipinski definition) is 2. The van der Waals surface area contributed by atoms with E-state index in [1.165, 1.54) is 11.8 Å². The van der Waals surface area contributed by atoms with Crippen LogP contribution in [0.5, 0.6) is 5.75 Å². The maximum atomic E-state index is 11.2. The monoisotopic (exact) mass is 226 g/mol. The third kappa shape index (κ3) is 3.45. The zero-order valence-electron chi connectivity index (χ0n) is 8.69. The number of amides is 1. The van der Waals surface area contributed by atoms with E-state index < -0.39 is 0 Å². The molecule has 0 spiro atoms. The molecule has 0 aliphatic heterocycles. The smallest absolute Gasteiger partial charge is 0.247 e. The predicted molar refractivity (Wildman–Crippen MR) is 60.6 cm³/mol. The molecule has 1 aromatic rings. The van der Waals surface area contributed by atoms with E-state index in [0.29, 0.717) is 0 Å². The number of hydrogen-bond acceptors (Lipinski definition) is 4. The van der Waals surface area contributed by atoms with Crippen LogP contribution in [0.25, 0.3) is 0 Å². The Morgan fingerprint density at radius 3 is 2.93 bits per heavy atom. The minimum atomic E-state index is -0.220. The number of benzene rings is 1. The third-order valence-electron chi connectivity index (χ3n) is 1.87. The van der Waals surface area contributed by atoms with E-state index in [-0.39, 0.29) is 11.2 Å². The van der Waals surface area contributed by atoms with Gasteiger partial charge in [-0.15, -0.1) is 11.8 Å². The average Bonchev–Trinajstić information content (AvgIpc) is 2.28. The molecule has 0 fully saturated rings. The van der Waals surface area contributed by atoms with Gasteiger partial charge in [0.15, 0.2) is 0 Å². The SMILES string of the molecule is COc1cccc(SC(C)C(=O)NN)c1. The fourth-order valence-corrected chi connectivity index (χ4v) is 1.97. The van der Waals surface area contributed by atoms with Gasteiger partial charge < -0.3 is 4.74 Å². The van der Waals surface area contributed by atoms with Crippen LogP contribution in [0, 0.1) is 0 Å². The summed E-state index contributed by atoms with van der Waals surface area (Å²) in [5.41, 5.74) is 2.12. The van der Waals surface area contributed by atoms with Crippen LogP contribution in [0.1, 0.15) is 6.92 Å². The van der Waals surface area contributed by atoms with Gasteiger partial charge in [-0.25, -0.2) is 5.84 Å². The molecule has 0 aliphatic rings. The van der Waals surface area contributed by atoms with Crippen molar-refractivity contribution in [3.05, 3.63) is 24.3 Å². The molecule has 1 aromatic carbocycles. The number of carbonyl (C=O) groups is 1. The molecule has 0 saturated carbocycles. The van der Waals surface area contributed by atoms with E-state index in [2.05, 4.69) is 5.43 Å². The quantitative estimate of drug-likeness (QED) is 0.350. The van der Waals surface area contributed by atoms with Gasteiger partial charge in [0.1, 0.15) is 5.75 Å². The molecule has 82 valence electrons. The van der Waals surface area contributed by atoms with Crippen LogP contribution < -0.4 is 16.0 Å². The van der Waals surface area contributed by atoms with E-state index in [1.807, 2.05) is 24.3 Å². The highest BCUT2D eigenvalue weighted by atomic mass is 32.2. The zero-order chi connectivity index (χ0) is 11.3. The van der Waals surface area contributed by atoms with Crippen molar-refractivity contribution >= 4 is 17.7 Å². The highest BCUT2D eigenvalue weighted by molar-refractivity contribution is 8.00. The highest BCUT2D eigenvalue weighted by Crippen LogP contribution is 2.26. The summed E-state index contributed by atoms with van der Waals surface area (Å²) in [6, 6.07) is 7.55. The number of nitrogens with two attached hydrogens (primary N) is 1. The van der Waals surface area contributed by atoms with E-state index in [0.717, 1.165) is 10.6 Å². The second kappa shape index (κ2) is 5.63. The van der Waals surface area contributed by atoms with Gasteiger partial charge in [-0.05, 0) is 25.1 Å². The van der Waals surface area contributed by atoms with Crippen molar-refractivity contribution in [2.24, 2.45) is 5.84 Å². The van der Waals surface area contributed by atoms with Crippen molar-refractivity contribution in [3.63, 3.8) is 0 Å². The molecule has 15 heavy (non-hydrogen) atoms. The first kappa shape index (κ1) is 11.9. The topological polar surface area (TPSA) is 64.3 Å². The van der Waals surface area contributed by atoms with Gasteiger partial charge >= 0.3 is 0 Å². The number of hydrazine groups is 1. The fraction of sp³-hybridized carbons (Fsp3) is 0.300. The number of nitrogens with one attached hydrogen (secondary N) is 1. The molecule has 3 N–H and O–H groups in total. The van der Waals surface area contributed by atoms with Gasteiger partial charge in [-0.3, -0.25) is 10.2 Å². The first-order valence-corrected chi connectivity index (χ1v) is 5.36. The number of methoxy groups -OCH3 is 1. The summed E-state index contributed by atoms with van der Waals surface area (Å²) >= 11 is 1.43. The number of thioether (sulfide) groups is 1. The Bertz CT molecular complexity index is 344. The Labute approximate surface area is 93.1 Å². The summed E-state index contributed by atoms with van der Waals surface area (Å²) in [5, 5.41) is -0.220. The van der Waals surface area contributed by atoms with Crippen LogP contribution in [0.15, 0.2) is 29.2 Å². The lowest BCUT2D eigenvalue weighted by atomic mass is 10.3. The summed E-state index contributed by atoms with van der Waals surface area (Å²) in [6.07, 6.45) is 0. The lowest BCUT2D eigenvalue weighted by molar-refractivity contribution is -0.120. The number of rotatable bonds is 4. The van der Waals surface area contributed by atoms with Crippen molar-refractivity contribution in [1.82, 2.24) is 5.43 Å². The maximum absolute atomic E-state index is 11.2. The van der Waals surface area contributed by atoms with Gasteiger partial charge in [-0.2, -0.15) is 0 Å². The summed E-state index contributed by atoms with van der Waals surface area (Å²) < 4.78 is 5.08. The molecule has 0 heterocycles. The Morgan fingerprint density at radius 2 is 2.33 bits per heavy atom. The summed E-state index contributed by atoms with van der Waals surface area (Å²) in [6.45, 7) is 1.80. The molecule has 1 rings (SSSR count). The largest absolute Gasteiger partial charge is 0.497 e. The number of ether oxygens (including phenoxy) is 1. The molecule has 5 heteroatoms. The molecule has 1 unspecified atom stereocenters. The van der Waals surface area contributed by atoms with Crippen LogP contribution in [-0.2, 0) is 4.79 Å². The Balaban J connectivity index is 2.67. The summed E-state index contributed by atoms with van der Waals surface area (Å²) in [5.74, 6) is 5.63. The van der Waals surface area contributed by atoms with Crippen LogP contribution in [0.2, 0.25) is 0 Å². The highest BCUT2D eigenvalue weighted by Gasteiger charge is 2.12. The van der Waals surface area contributed by atoms with Crippen molar-refractivity contribution in [1.29, 1.82) is 0 Å². The van der Waals surface area contributed by atoms with Gasteiger partial charge in [0.05, 0.1) is 12.4 Å². The van der Waals surface area contributed by atoms with Crippen LogP contribution in [0.4, 0.5) is 0 Å². The van der Waals surface area contributed by atoms with Gasteiger partial charge in [0, 0.05) is 4.90 Å². The molecular formula is C10H14N2O2S. The molecule has 0 radical (unpaired) electrons. The molecule has 0 bridgehead atoms. The Kier molecular flexibility index (Phi) is 4.45. The molecule has 1 amide bonds. The van der Waals surface area contributed by atoms with Crippen molar-refractivity contribution in [2.75, 3.05) is 7.11 Å². The lowest BCUT2D eigenvalue weighted by Crippen LogP contribution is -2.36. The van der Waals surface area contributed by atoms with Gasteiger partial charge in [-0.1, -0.05) is 6.07 Å². The Hall–Kier alpha value is -1.20. The van der Waals surface area contributed by atoms with Gasteiger partial charge in [0.2, 0.25) is 5.91 Å². The lowest BCUT2D eigenvalue weighted by Gasteiger charge is -2.09. The molecular weight excluding hydrogens is 212 g/mol. The van der Waals surface area contributed by atoms with E-state index >= 15 is 0 Å². The Morgan fingerprint density at radius 1 is 1.60 bits per heavy atom. The minimum absolute atomic E-state index is 0.192. The minimum Gasteiger partial charge on any atom is -0.497 e. The molecule has 0 aliphatic carbocycles. The maximum Gasteiger partial charge on any atom is 0.247 e. The summed E-state index contributed by atoms with van der Waals surface area (Å²) in [4.78, 5) is 12.2. The van der Waals surface area contributed by atoms with Crippen LogP contribution in [-0.4, -0.2) is 18.3 Å². The normalized spacial score (nSPS) is 11.9. The second-order valence-electron chi connectivity index (χ2n) is 2.95. The predicted octanol–water partition coefficient (Wildman–Crippen LogP) is 1.17. The molecule has 0 saturated heterocycles. The van der Waals surface area contributed by atoms with Crippen molar-refractivity contribution < 1.29 is 9.53 Å². The van der Waals surface area contributed by atoms with Crippen molar-refractivity contribution in [3.8, 4) is 5.75 Å². The molecule has 0 aromatic heterocycles. The van der Waals surface area contributed by atoms with E-state index in [1.54, 1.807) is 14.0 Å².